The van der Waals surface area contributed by atoms with Crippen molar-refractivity contribution in [2.24, 2.45) is 10.8 Å². The number of carbonyl (C=O) groups is 1. The van der Waals surface area contributed by atoms with E-state index in [0.29, 0.717) is 5.69 Å². The van der Waals surface area contributed by atoms with E-state index in [4.69, 9.17) is 5.73 Å². The minimum Gasteiger partial charge on any atom is -0.385 e. The monoisotopic (exact) mass is 384 g/mol. The number of H-pyrrole nitrogens is 1. The number of aromatic nitrogens is 2. The van der Waals surface area contributed by atoms with Crippen LogP contribution in [0.1, 0.15) is 23.0 Å². The highest BCUT2D eigenvalue weighted by Crippen LogP contribution is 2.21. The van der Waals surface area contributed by atoms with Crippen molar-refractivity contribution >= 4 is 39.0 Å². The fourth-order valence-electron chi connectivity index (χ4n) is 3.06. The van der Waals surface area contributed by atoms with E-state index in [0.717, 1.165) is 38.6 Å². The van der Waals surface area contributed by atoms with Gasteiger partial charge in [0.15, 0.2) is 0 Å². The largest absolute Gasteiger partial charge is 0.385 e. The van der Waals surface area contributed by atoms with Gasteiger partial charge in [0.2, 0.25) is 0 Å². The van der Waals surface area contributed by atoms with Gasteiger partial charge >= 0.3 is 0 Å². The second kappa shape index (κ2) is 7.47. The summed E-state index contributed by atoms with van der Waals surface area (Å²) in [6, 6.07) is 15.3. The van der Waals surface area contributed by atoms with Gasteiger partial charge in [0.1, 0.15) is 11.5 Å². The molecule has 0 saturated carbocycles. The number of aromatic amines is 1. The summed E-state index contributed by atoms with van der Waals surface area (Å²) in [6.45, 7) is 5.42. The molecule has 7 heteroatoms. The first kappa shape index (κ1) is 18.2. The fourth-order valence-corrected chi connectivity index (χ4v) is 3.06. The van der Waals surface area contributed by atoms with E-state index in [1.807, 2.05) is 55.5 Å². The average Bonchev–Trinajstić information content (AvgIpc) is 3.15. The lowest BCUT2D eigenvalue weighted by atomic mass is 10.1. The summed E-state index contributed by atoms with van der Waals surface area (Å²) in [7, 11) is 0. The maximum Gasteiger partial charge on any atom is 0.272 e. The van der Waals surface area contributed by atoms with E-state index in [-0.39, 0.29) is 11.7 Å². The lowest BCUT2D eigenvalue weighted by Gasteiger charge is -2.05. The normalized spacial score (nSPS) is 11.6. The van der Waals surface area contributed by atoms with Gasteiger partial charge in [-0.05, 0) is 54.3 Å². The molecule has 0 fully saturated rings. The average molecular weight is 384 g/mol. The molecule has 5 N–H and O–H groups in total. The molecule has 0 atom stereocenters. The maximum absolute atomic E-state index is 12.7. The molecule has 0 radical (unpaired) electrons. The molecule has 144 valence electrons. The zero-order chi connectivity index (χ0) is 20.4. The molecule has 2 heterocycles. The van der Waals surface area contributed by atoms with Crippen LogP contribution >= 0.6 is 0 Å². The molecule has 0 aliphatic heterocycles. The second-order valence-electron chi connectivity index (χ2n) is 6.71. The van der Waals surface area contributed by atoms with Crippen LogP contribution in [0.2, 0.25) is 0 Å². The first-order chi connectivity index (χ1) is 14.0. The highest BCUT2D eigenvalue weighted by atomic mass is 16.1. The van der Waals surface area contributed by atoms with Crippen LogP contribution in [0.5, 0.6) is 0 Å². The maximum atomic E-state index is 12.7. The van der Waals surface area contributed by atoms with Crippen molar-refractivity contribution in [3.05, 3.63) is 84.6 Å². The molecule has 1 amide bonds. The van der Waals surface area contributed by atoms with Crippen LogP contribution in [0.3, 0.4) is 0 Å². The van der Waals surface area contributed by atoms with Gasteiger partial charge < -0.3 is 16.0 Å². The Hall–Kier alpha value is -4.13. The number of pyridine rings is 1. The van der Waals surface area contributed by atoms with Crippen LogP contribution in [0, 0.1) is 0 Å². The number of hydrazone groups is 1. The first-order valence-corrected chi connectivity index (χ1v) is 9.02. The number of anilines is 1. The number of nitrogens with zero attached hydrogens (tertiary/aromatic N) is 2. The van der Waals surface area contributed by atoms with Gasteiger partial charge in [-0.2, -0.15) is 5.10 Å². The van der Waals surface area contributed by atoms with Crippen LogP contribution in [0.15, 0.2) is 78.4 Å². The highest BCUT2D eigenvalue weighted by molar-refractivity contribution is 6.08. The third-order valence-corrected chi connectivity index (χ3v) is 4.55. The zero-order valence-corrected chi connectivity index (χ0v) is 15.9. The van der Waals surface area contributed by atoms with Crippen LogP contribution < -0.4 is 16.5 Å². The Balaban J connectivity index is 1.57. The van der Waals surface area contributed by atoms with Gasteiger partial charge in [-0.3, -0.25) is 15.2 Å². The van der Waals surface area contributed by atoms with Gasteiger partial charge in [-0.15, -0.1) is 0 Å². The summed E-state index contributed by atoms with van der Waals surface area (Å²) in [4.78, 5) is 20.0. The van der Waals surface area contributed by atoms with Crippen LogP contribution in [0.4, 0.5) is 5.69 Å². The van der Waals surface area contributed by atoms with E-state index in [1.165, 1.54) is 0 Å². The second-order valence-corrected chi connectivity index (χ2v) is 6.71. The number of benzene rings is 2. The molecule has 0 aliphatic carbocycles. The Morgan fingerprint density at radius 1 is 1.10 bits per heavy atom. The Morgan fingerprint density at radius 3 is 2.79 bits per heavy atom. The Bertz CT molecular complexity index is 1270. The van der Waals surface area contributed by atoms with Crippen molar-refractivity contribution in [3.8, 4) is 0 Å². The third kappa shape index (κ3) is 3.93. The van der Waals surface area contributed by atoms with Gasteiger partial charge in [0.05, 0.1) is 5.71 Å². The van der Waals surface area contributed by atoms with Crippen molar-refractivity contribution in [1.82, 2.24) is 15.4 Å². The molecule has 2 aromatic heterocycles. The number of nitrogens with two attached hydrogens (primary N) is 1. The predicted octanol–water partition coefficient (Wildman–Crippen LogP) is 3.71. The molecule has 0 aliphatic rings. The van der Waals surface area contributed by atoms with Crippen molar-refractivity contribution in [2.75, 3.05) is 5.32 Å². The molecule has 7 nitrogen and oxygen atoms in total. The highest BCUT2D eigenvalue weighted by Gasteiger charge is 2.11. The number of nitrogens with one attached hydrogen (secondary N) is 3. The smallest absolute Gasteiger partial charge is 0.272 e. The number of fused-ring (bicyclic) bond motifs is 2. The van der Waals surface area contributed by atoms with Gasteiger partial charge in [-0.25, -0.2) is 0 Å². The molecular weight excluding hydrogens is 364 g/mol. The molecule has 0 unspecified atom stereocenters. The van der Waals surface area contributed by atoms with Gasteiger partial charge in [0.25, 0.3) is 5.91 Å². The SMILES string of the molecule is C=C(N)N/N=C(/C)c1ccc2[nH]c(C(=O)Nc3ccc4cnccc4c3)cc2c1. The van der Waals surface area contributed by atoms with Gasteiger partial charge in [-0.1, -0.05) is 18.7 Å². The summed E-state index contributed by atoms with van der Waals surface area (Å²) in [5.74, 6) is 0.0682. The van der Waals surface area contributed by atoms with Crippen molar-refractivity contribution in [1.29, 1.82) is 0 Å². The van der Waals surface area contributed by atoms with E-state index >= 15 is 0 Å². The molecule has 4 rings (SSSR count). The predicted molar refractivity (Wildman–Crippen MR) is 117 cm³/mol. The topological polar surface area (TPSA) is 108 Å². The van der Waals surface area contributed by atoms with Crippen LogP contribution in [-0.2, 0) is 0 Å². The number of carbonyl (C=O) groups excluding carboxylic acids is 1. The molecule has 4 aromatic rings. The van der Waals surface area contributed by atoms with E-state index < -0.39 is 0 Å². The molecular formula is C22H20N6O. The summed E-state index contributed by atoms with van der Waals surface area (Å²) in [6.07, 6.45) is 3.52. The Labute approximate surface area is 167 Å². The fraction of sp³-hybridized carbons (Fsp3) is 0.0455. The first-order valence-electron chi connectivity index (χ1n) is 9.02. The van der Waals surface area contributed by atoms with Crippen molar-refractivity contribution in [2.45, 2.75) is 6.92 Å². The summed E-state index contributed by atoms with van der Waals surface area (Å²) in [5.41, 5.74) is 11.9. The molecule has 0 spiro atoms. The summed E-state index contributed by atoms with van der Waals surface area (Å²) < 4.78 is 0. The molecule has 2 aromatic carbocycles. The number of amides is 1. The minimum absolute atomic E-state index is 0.206. The minimum atomic E-state index is -0.206. The summed E-state index contributed by atoms with van der Waals surface area (Å²) >= 11 is 0. The van der Waals surface area contributed by atoms with Gasteiger partial charge in [0, 0.05) is 34.4 Å². The van der Waals surface area contributed by atoms with Crippen molar-refractivity contribution < 1.29 is 4.79 Å². The quantitative estimate of drug-likeness (QED) is 0.311. The van der Waals surface area contributed by atoms with E-state index in [1.54, 1.807) is 12.4 Å². The lowest BCUT2D eigenvalue weighted by molar-refractivity contribution is 0.102. The Kier molecular flexibility index (Phi) is 4.70. The van der Waals surface area contributed by atoms with Crippen LogP contribution in [0.25, 0.3) is 21.7 Å². The zero-order valence-electron chi connectivity index (χ0n) is 15.9. The number of rotatable bonds is 5. The summed E-state index contributed by atoms with van der Waals surface area (Å²) in [5, 5.41) is 10.1. The molecule has 29 heavy (non-hydrogen) atoms. The molecule has 0 saturated heterocycles. The standard InChI is InChI=1S/C22H20N6O/c1-13(27-28-14(2)23)15-4-6-20-18(9-15)11-21(26-20)22(29)25-19-5-3-17-12-24-8-7-16(17)10-19/h3-12,26,28H,2,23H2,1H3,(H,25,29)/b27-13-. The number of hydrogen-bond donors (Lipinski definition) is 4. The number of hydrogen-bond acceptors (Lipinski definition) is 5. The van der Waals surface area contributed by atoms with E-state index in [2.05, 4.69) is 32.4 Å². The van der Waals surface area contributed by atoms with Crippen molar-refractivity contribution in [3.63, 3.8) is 0 Å². The Morgan fingerprint density at radius 2 is 1.97 bits per heavy atom. The van der Waals surface area contributed by atoms with Crippen LogP contribution in [-0.4, -0.2) is 21.6 Å². The third-order valence-electron chi connectivity index (χ3n) is 4.55. The molecule has 0 bridgehead atoms. The van der Waals surface area contributed by atoms with E-state index in [9.17, 15) is 4.79 Å². The lowest BCUT2D eigenvalue weighted by Crippen LogP contribution is -2.14.